The number of carbonyl (C=O) groups is 1. The van der Waals surface area contributed by atoms with Gasteiger partial charge in [-0.3, -0.25) is 4.79 Å². The molecule has 0 N–H and O–H groups in total. The van der Waals surface area contributed by atoms with Crippen molar-refractivity contribution in [3.63, 3.8) is 0 Å². The lowest BCUT2D eigenvalue weighted by Crippen LogP contribution is -2.30. The Morgan fingerprint density at radius 1 is 1.21 bits per heavy atom. The van der Waals surface area contributed by atoms with E-state index < -0.39 is 0 Å². The number of fused-ring (bicyclic) bond motifs is 1. The molecule has 1 aliphatic rings. The van der Waals surface area contributed by atoms with Crippen LogP contribution < -0.4 is 14.2 Å². The summed E-state index contributed by atoms with van der Waals surface area (Å²) in [5.74, 6) is 2.06. The molecule has 0 radical (unpaired) electrons. The van der Waals surface area contributed by atoms with Crippen molar-refractivity contribution in [1.29, 1.82) is 0 Å². The summed E-state index contributed by atoms with van der Waals surface area (Å²) in [6, 6.07) is 11.1. The number of hydrogen-bond acceptors (Lipinski definition) is 4. The highest BCUT2D eigenvalue weighted by Crippen LogP contribution is 2.33. The molecule has 1 heterocycles. The van der Waals surface area contributed by atoms with Gasteiger partial charge in [-0.05, 0) is 58.7 Å². The van der Waals surface area contributed by atoms with Gasteiger partial charge in [-0.1, -0.05) is 6.07 Å². The van der Waals surface area contributed by atoms with Crippen molar-refractivity contribution in [1.82, 2.24) is 4.90 Å². The third kappa shape index (κ3) is 3.33. The normalized spacial score (nSPS) is 12.1. The number of halogens is 1. The molecular weight excluding hydrogens is 374 g/mol. The smallest absolute Gasteiger partial charge is 0.255 e. The fraction of sp³-hybridized carbons (Fsp3) is 0.278. The van der Waals surface area contributed by atoms with Crippen LogP contribution in [0.2, 0.25) is 0 Å². The molecule has 0 atom stereocenters. The van der Waals surface area contributed by atoms with E-state index in [9.17, 15) is 4.79 Å². The maximum absolute atomic E-state index is 12.9. The molecule has 0 saturated carbocycles. The predicted molar refractivity (Wildman–Crippen MR) is 93.7 cm³/mol. The van der Waals surface area contributed by atoms with Crippen molar-refractivity contribution in [3.05, 3.63) is 52.0 Å². The van der Waals surface area contributed by atoms with E-state index >= 15 is 0 Å². The molecule has 24 heavy (non-hydrogen) atoms. The molecule has 5 nitrogen and oxygen atoms in total. The molecule has 3 rings (SSSR count). The molecule has 0 aromatic heterocycles. The minimum atomic E-state index is -0.0547. The number of hydrogen-bond donors (Lipinski definition) is 0. The second kappa shape index (κ2) is 7.13. The summed E-state index contributed by atoms with van der Waals surface area (Å²) in [6.07, 6.45) is 0. The lowest BCUT2D eigenvalue weighted by atomic mass is 10.1. The van der Waals surface area contributed by atoms with Gasteiger partial charge < -0.3 is 19.1 Å². The van der Waals surface area contributed by atoms with Gasteiger partial charge in [0.05, 0.1) is 12.7 Å². The Morgan fingerprint density at radius 2 is 2.00 bits per heavy atom. The first-order valence-electron chi connectivity index (χ1n) is 7.63. The summed E-state index contributed by atoms with van der Waals surface area (Å²) in [7, 11) is 1.59. The first-order valence-corrected chi connectivity index (χ1v) is 8.43. The second-order valence-corrected chi connectivity index (χ2v) is 6.21. The van der Waals surface area contributed by atoms with E-state index in [2.05, 4.69) is 15.9 Å². The Morgan fingerprint density at radius 3 is 2.75 bits per heavy atom. The van der Waals surface area contributed by atoms with Gasteiger partial charge in [-0.15, -0.1) is 0 Å². The van der Waals surface area contributed by atoms with E-state index in [1.807, 2.05) is 37.3 Å². The average Bonchev–Trinajstić information content (AvgIpc) is 3.07. The molecule has 2 aromatic rings. The highest BCUT2D eigenvalue weighted by Gasteiger charge is 2.20. The van der Waals surface area contributed by atoms with Gasteiger partial charge in [0.1, 0.15) is 5.75 Å². The van der Waals surface area contributed by atoms with Gasteiger partial charge in [-0.2, -0.15) is 0 Å². The number of ether oxygens (including phenoxy) is 3. The van der Waals surface area contributed by atoms with Gasteiger partial charge in [0, 0.05) is 17.6 Å². The predicted octanol–water partition coefficient (Wildman–Crippen LogP) is 3.85. The van der Waals surface area contributed by atoms with Crippen LogP contribution in [0.1, 0.15) is 22.8 Å². The first-order chi connectivity index (χ1) is 11.6. The maximum Gasteiger partial charge on any atom is 0.255 e. The summed E-state index contributed by atoms with van der Waals surface area (Å²) < 4.78 is 16.7. The monoisotopic (exact) mass is 391 g/mol. The van der Waals surface area contributed by atoms with Gasteiger partial charge in [0.25, 0.3) is 5.91 Å². The molecule has 1 amide bonds. The van der Waals surface area contributed by atoms with Crippen LogP contribution in [0.25, 0.3) is 0 Å². The molecule has 0 fully saturated rings. The minimum Gasteiger partial charge on any atom is -0.497 e. The minimum absolute atomic E-state index is 0.0547. The Bertz CT molecular complexity index is 763. The van der Waals surface area contributed by atoms with E-state index in [4.69, 9.17) is 14.2 Å². The summed E-state index contributed by atoms with van der Waals surface area (Å²) >= 11 is 3.44. The number of benzene rings is 2. The highest BCUT2D eigenvalue weighted by molar-refractivity contribution is 9.10. The van der Waals surface area contributed by atoms with E-state index in [0.29, 0.717) is 24.4 Å². The quantitative estimate of drug-likeness (QED) is 0.776. The van der Waals surface area contributed by atoms with Crippen LogP contribution in [0.15, 0.2) is 40.9 Å². The zero-order chi connectivity index (χ0) is 17.1. The lowest BCUT2D eigenvalue weighted by molar-refractivity contribution is 0.0751. The molecule has 6 heteroatoms. The van der Waals surface area contributed by atoms with E-state index in [0.717, 1.165) is 21.5 Å². The van der Waals surface area contributed by atoms with Gasteiger partial charge in [-0.25, -0.2) is 0 Å². The fourth-order valence-corrected chi connectivity index (χ4v) is 2.97. The molecular formula is C18H18BrNO4. The third-order valence-electron chi connectivity index (χ3n) is 3.88. The van der Waals surface area contributed by atoms with Crippen molar-refractivity contribution in [2.75, 3.05) is 20.4 Å². The molecule has 0 saturated heterocycles. The summed E-state index contributed by atoms with van der Waals surface area (Å²) in [4.78, 5) is 14.7. The maximum atomic E-state index is 12.9. The van der Waals surface area contributed by atoms with Gasteiger partial charge in [0.2, 0.25) is 6.79 Å². The van der Waals surface area contributed by atoms with Crippen LogP contribution in [0, 0.1) is 0 Å². The SMILES string of the molecule is CCN(Cc1ccc2c(c1)OCO2)C(=O)c1cc(OC)ccc1Br. The Kier molecular flexibility index (Phi) is 4.94. The Labute approximate surface area is 149 Å². The summed E-state index contributed by atoms with van der Waals surface area (Å²) in [5, 5.41) is 0. The van der Waals surface area contributed by atoms with Crippen molar-refractivity contribution in [2.24, 2.45) is 0 Å². The Balaban J connectivity index is 1.82. The third-order valence-corrected chi connectivity index (χ3v) is 4.57. The lowest BCUT2D eigenvalue weighted by Gasteiger charge is -2.22. The summed E-state index contributed by atoms with van der Waals surface area (Å²) in [6.45, 7) is 3.29. The number of carbonyl (C=O) groups excluding carboxylic acids is 1. The van der Waals surface area contributed by atoms with E-state index in [1.165, 1.54) is 0 Å². The standard InChI is InChI=1S/C18H18BrNO4/c1-3-20(10-12-4-7-16-17(8-12)24-11-23-16)18(21)14-9-13(22-2)5-6-15(14)19/h4-9H,3,10-11H2,1-2H3. The van der Waals surface area contributed by atoms with Crippen LogP contribution in [-0.2, 0) is 6.54 Å². The zero-order valence-electron chi connectivity index (χ0n) is 13.5. The number of nitrogens with zero attached hydrogens (tertiary/aromatic N) is 1. The zero-order valence-corrected chi connectivity index (χ0v) is 15.1. The second-order valence-electron chi connectivity index (χ2n) is 5.35. The first kappa shape index (κ1) is 16.6. The topological polar surface area (TPSA) is 48.0 Å². The molecule has 2 aromatic carbocycles. The average molecular weight is 392 g/mol. The van der Waals surface area contributed by atoms with Crippen LogP contribution in [0.5, 0.6) is 17.2 Å². The molecule has 0 bridgehead atoms. The molecule has 1 aliphatic heterocycles. The molecule has 0 aliphatic carbocycles. The highest BCUT2D eigenvalue weighted by atomic mass is 79.9. The van der Waals surface area contributed by atoms with Crippen LogP contribution in [0.4, 0.5) is 0 Å². The van der Waals surface area contributed by atoms with Gasteiger partial charge >= 0.3 is 0 Å². The van der Waals surface area contributed by atoms with Gasteiger partial charge in [0.15, 0.2) is 11.5 Å². The van der Waals surface area contributed by atoms with Crippen LogP contribution >= 0.6 is 15.9 Å². The molecule has 0 spiro atoms. The van der Waals surface area contributed by atoms with Crippen molar-refractivity contribution >= 4 is 21.8 Å². The van der Waals surface area contributed by atoms with Crippen molar-refractivity contribution < 1.29 is 19.0 Å². The largest absolute Gasteiger partial charge is 0.497 e. The number of methoxy groups -OCH3 is 1. The molecule has 126 valence electrons. The fourth-order valence-electron chi connectivity index (χ4n) is 2.55. The summed E-state index contributed by atoms with van der Waals surface area (Å²) in [5.41, 5.74) is 1.57. The van der Waals surface area contributed by atoms with E-state index in [1.54, 1.807) is 18.1 Å². The van der Waals surface area contributed by atoms with Crippen molar-refractivity contribution in [3.8, 4) is 17.2 Å². The van der Waals surface area contributed by atoms with Crippen LogP contribution in [-0.4, -0.2) is 31.3 Å². The number of amides is 1. The van der Waals surface area contributed by atoms with Crippen LogP contribution in [0.3, 0.4) is 0 Å². The van der Waals surface area contributed by atoms with E-state index in [-0.39, 0.29) is 12.7 Å². The Hall–Kier alpha value is -2.21. The van der Waals surface area contributed by atoms with Crippen molar-refractivity contribution in [2.45, 2.75) is 13.5 Å². The molecule has 0 unspecified atom stereocenters. The number of rotatable bonds is 5.